The Morgan fingerprint density at radius 1 is 1.25 bits per heavy atom. The molecule has 0 saturated heterocycles. The van der Waals surface area contributed by atoms with Gasteiger partial charge in [-0.15, -0.1) is 0 Å². The van der Waals surface area contributed by atoms with Gasteiger partial charge in [-0.1, -0.05) is 6.08 Å². The normalized spacial score (nSPS) is 8.38. The van der Waals surface area contributed by atoms with Crippen LogP contribution in [0.2, 0.25) is 0 Å². The van der Waals surface area contributed by atoms with E-state index in [9.17, 15) is 0 Å². The molecule has 3 nitrogen and oxygen atoms in total. The summed E-state index contributed by atoms with van der Waals surface area (Å²) in [5, 5.41) is 22.9. The SMILES string of the molecule is C/C=C/O.OCCO. The molecular weight excluding hydrogens is 108 g/mol. The zero-order valence-corrected chi connectivity index (χ0v) is 4.91. The lowest BCUT2D eigenvalue weighted by Crippen LogP contribution is -1.85. The summed E-state index contributed by atoms with van der Waals surface area (Å²) in [7, 11) is 0. The van der Waals surface area contributed by atoms with Crippen molar-refractivity contribution in [3.8, 4) is 0 Å². The maximum atomic E-state index is 7.69. The molecule has 0 aromatic rings. The van der Waals surface area contributed by atoms with E-state index in [0.717, 1.165) is 6.26 Å². The summed E-state index contributed by atoms with van der Waals surface area (Å²) in [6.07, 6.45) is 2.56. The Balaban J connectivity index is 0. The van der Waals surface area contributed by atoms with Crippen molar-refractivity contribution in [1.29, 1.82) is 0 Å². The van der Waals surface area contributed by atoms with Gasteiger partial charge < -0.3 is 15.3 Å². The van der Waals surface area contributed by atoms with Crippen molar-refractivity contribution in [3.05, 3.63) is 12.3 Å². The molecule has 3 heteroatoms. The van der Waals surface area contributed by atoms with Crippen molar-refractivity contribution in [1.82, 2.24) is 0 Å². The average molecular weight is 120 g/mol. The first-order chi connectivity index (χ1) is 3.83. The second-order valence-corrected chi connectivity index (χ2v) is 0.930. The molecule has 50 valence electrons. The first-order valence-corrected chi connectivity index (χ1v) is 2.30. The molecule has 0 aliphatic carbocycles. The van der Waals surface area contributed by atoms with Crippen molar-refractivity contribution in [2.24, 2.45) is 0 Å². The fourth-order valence-corrected chi connectivity index (χ4v) is 0. The first kappa shape index (κ1) is 10.4. The van der Waals surface area contributed by atoms with E-state index in [-0.39, 0.29) is 13.2 Å². The highest BCUT2D eigenvalue weighted by molar-refractivity contribution is 4.60. The van der Waals surface area contributed by atoms with Crippen LogP contribution in [0.1, 0.15) is 6.92 Å². The van der Waals surface area contributed by atoms with Crippen LogP contribution in [0.5, 0.6) is 0 Å². The van der Waals surface area contributed by atoms with Crippen LogP contribution in [-0.2, 0) is 0 Å². The minimum Gasteiger partial charge on any atom is -0.516 e. The van der Waals surface area contributed by atoms with Gasteiger partial charge in [0.1, 0.15) is 0 Å². The topological polar surface area (TPSA) is 60.7 Å². The van der Waals surface area contributed by atoms with Crippen molar-refractivity contribution in [2.45, 2.75) is 6.92 Å². The minimum absolute atomic E-state index is 0.125. The molecule has 0 amide bonds. The van der Waals surface area contributed by atoms with Crippen molar-refractivity contribution in [2.75, 3.05) is 13.2 Å². The number of aliphatic hydroxyl groups is 3. The predicted octanol–water partition coefficient (Wildman–Crippen LogP) is 0.0490. The molecule has 0 fully saturated rings. The molecule has 0 aliphatic heterocycles. The molecule has 0 aromatic heterocycles. The zero-order chi connectivity index (χ0) is 6.83. The quantitative estimate of drug-likeness (QED) is 0.428. The van der Waals surface area contributed by atoms with Crippen LogP contribution < -0.4 is 0 Å². The van der Waals surface area contributed by atoms with Crippen LogP contribution in [-0.4, -0.2) is 28.5 Å². The largest absolute Gasteiger partial charge is 0.516 e. The lowest BCUT2D eigenvalue weighted by Gasteiger charge is -1.70. The number of hydrogen-bond acceptors (Lipinski definition) is 3. The maximum Gasteiger partial charge on any atom is 0.0748 e. The van der Waals surface area contributed by atoms with Gasteiger partial charge in [0, 0.05) is 0 Å². The van der Waals surface area contributed by atoms with E-state index in [1.807, 2.05) is 0 Å². The Morgan fingerprint density at radius 2 is 1.50 bits per heavy atom. The van der Waals surface area contributed by atoms with Gasteiger partial charge in [-0.3, -0.25) is 0 Å². The second kappa shape index (κ2) is 16.1. The molecule has 0 saturated carbocycles. The van der Waals surface area contributed by atoms with Crippen LogP contribution in [0, 0.1) is 0 Å². The van der Waals surface area contributed by atoms with Crippen LogP contribution >= 0.6 is 0 Å². The first-order valence-electron chi connectivity index (χ1n) is 2.30. The third-order valence-corrected chi connectivity index (χ3v) is 0.249. The van der Waals surface area contributed by atoms with Gasteiger partial charge in [0.15, 0.2) is 0 Å². The van der Waals surface area contributed by atoms with Gasteiger partial charge >= 0.3 is 0 Å². The predicted molar refractivity (Wildman–Crippen MR) is 31.6 cm³/mol. The van der Waals surface area contributed by atoms with Gasteiger partial charge in [0.25, 0.3) is 0 Å². The summed E-state index contributed by atoms with van der Waals surface area (Å²) < 4.78 is 0. The van der Waals surface area contributed by atoms with Gasteiger partial charge in [-0.05, 0) is 6.92 Å². The molecule has 0 unspecified atom stereocenters. The van der Waals surface area contributed by atoms with Crippen LogP contribution in [0.3, 0.4) is 0 Å². The van der Waals surface area contributed by atoms with E-state index in [0.29, 0.717) is 0 Å². The van der Waals surface area contributed by atoms with Gasteiger partial charge in [0.2, 0.25) is 0 Å². The molecular formula is C5H12O3. The third-order valence-electron chi connectivity index (χ3n) is 0.249. The van der Waals surface area contributed by atoms with E-state index in [2.05, 4.69) is 0 Å². The Bertz CT molecular complexity index is 36.9. The minimum atomic E-state index is -0.125. The lowest BCUT2D eigenvalue weighted by atomic mass is 10.8. The van der Waals surface area contributed by atoms with Crippen LogP contribution in [0.4, 0.5) is 0 Å². The molecule has 0 spiro atoms. The highest BCUT2D eigenvalue weighted by atomic mass is 16.3. The van der Waals surface area contributed by atoms with E-state index in [4.69, 9.17) is 15.3 Å². The number of hydrogen-bond donors (Lipinski definition) is 3. The average Bonchev–Trinajstić information content (AvgIpc) is 1.88. The zero-order valence-electron chi connectivity index (χ0n) is 4.91. The summed E-state index contributed by atoms with van der Waals surface area (Å²) in [5.74, 6) is 0. The summed E-state index contributed by atoms with van der Waals surface area (Å²) >= 11 is 0. The molecule has 0 rings (SSSR count). The number of aliphatic hydroxyl groups excluding tert-OH is 3. The Kier molecular flexibility index (Phi) is 21.0. The van der Waals surface area contributed by atoms with Crippen LogP contribution in [0.25, 0.3) is 0 Å². The monoisotopic (exact) mass is 120 g/mol. The molecule has 0 aromatic carbocycles. The molecule has 0 aliphatic rings. The second-order valence-electron chi connectivity index (χ2n) is 0.930. The smallest absolute Gasteiger partial charge is 0.0748 e. The summed E-state index contributed by atoms with van der Waals surface area (Å²) in [4.78, 5) is 0. The Morgan fingerprint density at radius 3 is 1.50 bits per heavy atom. The van der Waals surface area contributed by atoms with Crippen molar-refractivity contribution < 1.29 is 15.3 Å². The molecule has 0 atom stereocenters. The van der Waals surface area contributed by atoms with Gasteiger partial charge in [-0.25, -0.2) is 0 Å². The van der Waals surface area contributed by atoms with Gasteiger partial charge in [-0.2, -0.15) is 0 Å². The highest BCUT2D eigenvalue weighted by Crippen LogP contribution is 1.51. The molecule has 0 radical (unpaired) electrons. The lowest BCUT2D eigenvalue weighted by molar-refractivity contribution is 0.186. The van der Waals surface area contributed by atoms with Crippen molar-refractivity contribution >= 4 is 0 Å². The van der Waals surface area contributed by atoms with Crippen LogP contribution in [0.15, 0.2) is 12.3 Å². The fraction of sp³-hybridized carbons (Fsp3) is 0.600. The van der Waals surface area contributed by atoms with E-state index < -0.39 is 0 Å². The van der Waals surface area contributed by atoms with E-state index in [1.54, 1.807) is 13.0 Å². The highest BCUT2D eigenvalue weighted by Gasteiger charge is 1.58. The van der Waals surface area contributed by atoms with Crippen molar-refractivity contribution in [3.63, 3.8) is 0 Å². The molecule has 3 N–H and O–H groups in total. The van der Waals surface area contributed by atoms with Gasteiger partial charge in [0.05, 0.1) is 19.5 Å². The number of rotatable bonds is 1. The fourth-order valence-electron chi connectivity index (χ4n) is 0. The van der Waals surface area contributed by atoms with E-state index in [1.165, 1.54) is 0 Å². The summed E-state index contributed by atoms with van der Waals surface area (Å²) in [6, 6.07) is 0. The van der Waals surface area contributed by atoms with E-state index >= 15 is 0 Å². The number of allylic oxidation sites excluding steroid dienone is 1. The third kappa shape index (κ3) is 51.0. The Hall–Kier alpha value is -0.540. The summed E-state index contributed by atoms with van der Waals surface area (Å²) in [6.45, 7) is 1.50. The maximum absolute atomic E-state index is 7.69. The summed E-state index contributed by atoms with van der Waals surface area (Å²) in [5.41, 5.74) is 0. The molecule has 8 heavy (non-hydrogen) atoms. The molecule has 0 heterocycles. The standard InChI is InChI=1S/C3H6O.C2H6O2/c1-2-3-4;3-1-2-4/h2-4H,1H3;3-4H,1-2H2/b3-2+;. The molecule has 0 bridgehead atoms. The Labute approximate surface area is 48.9 Å².